The van der Waals surface area contributed by atoms with Gasteiger partial charge in [0, 0.05) is 18.8 Å². The number of benzene rings is 1. The SMILES string of the molecule is CCC[C@@H](NC(=O)C[NH+]1CCC(C(N)=O)CC1)c1ccccc1. The second-order valence-electron chi connectivity index (χ2n) is 6.42. The largest absolute Gasteiger partial charge is 0.369 e. The third-order valence-electron chi connectivity index (χ3n) is 4.62. The first-order valence-corrected chi connectivity index (χ1v) is 8.57. The number of amides is 2. The minimum absolute atomic E-state index is 0.0148. The van der Waals surface area contributed by atoms with Gasteiger partial charge in [0.15, 0.2) is 6.54 Å². The Morgan fingerprint density at radius 2 is 1.91 bits per heavy atom. The van der Waals surface area contributed by atoms with Gasteiger partial charge in [0.2, 0.25) is 5.91 Å². The molecule has 1 saturated heterocycles. The second-order valence-corrected chi connectivity index (χ2v) is 6.42. The van der Waals surface area contributed by atoms with Crippen LogP contribution in [0.4, 0.5) is 0 Å². The standard InChI is InChI=1S/C18H27N3O2/c1-2-6-16(14-7-4-3-5-8-14)20-17(22)13-21-11-9-15(10-12-21)18(19)23/h3-5,7-8,15-16H,2,6,9-13H2,1H3,(H2,19,23)(H,20,22)/p+1/t16-/m1/s1. The fraction of sp³-hybridized carbons (Fsp3) is 0.556. The number of rotatable bonds is 7. The normalized spacial score (nSPS) is 22.3. The van der Waals surface area contributed by atoms with Gasteiger partial charge in [-0.15, -0.1) is 0 Å². The molecule has 1 aliphatic heterocycles. The Bertz CT molecular complexity index is 510. The molecule has 1 fully saturated rings. The van der Waals surface area contributed by atoms with E-state index >= 15 is 0 Å². The van der Waals surface area contributed by atoms with E-state index in [1.54, 1.807) is 0 Å². The summed E-state index contributed by atoms with van der Waals surface area (Å²) in [7, 11) is 0. The van der Waals surface area contributed by atoms with Gasteiger partial charge in [0.1, 0.15) is 0 Å². The maximum absolute atomic E-state index is 12.4. The lowest BCUT2D eigenvalue weighted by molar-refractivity contribution is -0.897. The fourth-order valence-electron chi connectivity index (χ4n) is 3.26. The van der Waals surface area contributed by atoms with Crippen molar-refractivity contribution in [2.45, 2.75) is 38.6 Å². The Labute approximate surface area is 138 Å². The molecule has 2 amide bonds. The van der Waals surface area contributed by atoms with Crippen molar-refractivity contribution in [1.29, 1.82) is 0 Å². The summed E-state index contributed by atoms with van der Waals surface area (Å²) < 4.78 is 0. The second kappa shape index (κ2) is 8.67. The number of likely N-dealkylation sites (tertiary alicyclic amines) is 1. The lowest BCUT2D eigenvalue weighted by atomic mass is 9.96. The van der Waals surface area contributed by atoms with Crippen molar-refractivity contribution in [2.24, 2.45) is 11.7 Å². The number of carbonyl (C=O) groups is 2. The number of carbonyl (C=O) groups excluding carboxylic acids is 2. The highest BCUT2D eigenvalue weighted by molar-refractivity contribution is 5.77. The van der Waals surface area contributed by atoms with Crippen LogP contribution in [0.3, 0.4) is 0 Å². The summed E-state index contributed by atoms with van der Waals surface area (Å²) in [4.78, 5) is 24.8. The summed E-state index contributed by atoms with van der Waals surface area (Å²) in [6, 6.07) is 10.2. The number of quaternary nitrogens is 1. The lowest BCUT2D eigenvalue weighted by Gasteiger charge is -2.28. The molecule has 0 aliphatic carbocycles. The Morgan fingerprint density at radius 1 is 1.26 bits per heavy atom. The topological polar surface area (TPSA) is 76.6 Å². The minimum atomic E-state index is -0.208. The van der Waals surface area contributed by atoms with Crippen molar-refractivity contribution in [2.75, 3.05) is 19.6 Å². The van der Waals surface area contributed by atoms with E-state index in [0.717, 1.165) is 44.3 Å². The van der Waals surface area contributed by atoms with Gasteiger partial charge < -0.3 is 16.0 Å². The zero-order valence-corrected chi connectivity index (χ0v) is 13.9. The molecular formula is C18H28N3O2+. The first-order chi connectivity index (χ1) is 11.1. The van der Waals surface area contributed by atoms with Crippen molar-refractivity contribution < 1.29 is 14.5 Å². The van der Waals surface area contributed by atoms with Crippen LogP contribution in [0.1, 0.15) is 44.2 Å². The molecule has 1 aromatic carbocycles. The van der Waals surface area contributed by atoms with Crippen LogP contribution < -0.4 is 16.0 Å². The lowest BCUT2D eigenvalue weighted by Crippen LogP contribution is -3.14. The molecule has 23 heavy (non-hydrogen) atoms. The maximum Gasteiger partial charge on any atom is 0.275 e. The Kier molecular flexibility index (Phi) is 6.59. The number of hydrogen-bond donors (Lipinski definition) is 3. The minimum Gasteiger partial charge on any atom is -0.369 e. The molecule has 5 nitrogen and oxygen atoms in total. The predicted octanol–water partition coefficient (Wildman–Crippen LogP) is 0.424. The molecule has 0 bridgehead atoms. The van der Waals surface area contributed by atoms with Crippen LogP contribution in [0.15, 0.2) is 30.3 Å². The Hall–Kier alpha value is -1.88. The van der Waals surface area contributed by atoms with Gasteiger partial charge in [0.25, 0.3) is 5.91 Å². The van der Waals surface area contributed by atoms with E-state index in [4.69, 9.17) is 5.73 Å². The highest BCUT2D eigenvalue weighted by Gasteiger charge is 2.27. The number of hydrogen-bond acceptors (Lipinski definition) is 2. The molecule has 0 saturated carbocycles. The summed E-state index contributed by atoms with van der Waals surface area (Å²) in [6.45, 7) is 4.27. The van der Waals surface area contributed by atoms with E-state index in [9.17, 15) is 9.59 Å². The van der Waals surface area contributed by atoms with Crippen LogP contribution >= 0.6 is 0 Å². The Balaban J connectivity index is 1.84. The monoisotopic (exact) mass is 318 g/mol. The van der Waals surface area contributed by atoms with Crippen LogP contribution in [0.25, 0.3) is 0 Å². The van der Waals surface area contributed by atoms with Crippen LogP contribution in [-0.2, 0) is 9.59 Å². The van der Waals surface area contributed by atoms with E-state index in [2.05, 4.69) is 24.4 Å². The third kappa shape index (κ3) is 5.36. The quantitative estimate of drug-likeness (QED) is 0.682. The number of piperidine rings is 1. The van der Waals surface area contributed by atoms with E-state index in [1.807, 2.05) is 18.2 Å². The molecule has 1 aliphatic rings. The van der Waals surface area contributed by atoms with Gasteiger partial charge in [-0.05, 0) is 12.0 Å². The highest BCUT2D eigenvalue weighted by atomic mass is 16.2. The van der Waals surface area contributed by atoms with Gasteiger partial charge in [-0.25, -0.2) is 0 Å². The summed E-state index contributed by atoms with van der Waals surface area (Å²) in [5.41, 5.74) is 6.51. The molecule has 1 aromatic rings. The molecule has 5 heteroatoms. The molecule has 126 valence electrons. The average Bonchev–Trinajstić information content (AvgIpc) is 2.55. The molecule has 0 aromatic heterocycles. The third-order valence-corrected chi connectivity index (χ3v) is 4.62. The van der Waals surface area contributed by atoms with Gasteiger partial charge in [-0.1, -0.05) is 43.7 Å². The smallest absolute Gasteiger partial charge is 0.275 e. The van der Waals surface area contributed by atoms with Crippen molar-refractivity contribution in [3.63, 3.8) is 0 Å². The van der Waals surface area contributed by atoms with E-state index < -0.39 is 0 Å². The zero-order chi connectivity index (χ0) is 16.7. The van der Waals surface area contributed by atoms with Gasteiger partial charge in [-0.3, -0.25) is 9.59 Å². The van der Waals surface area contributed by atoms with Crippen LogP contribution in [0, 0.1) is 5.92 Å². The summed E-state index contributed by atoms with van der Waals surface area (Å²) >= 11 is 0. The molecule has 0 unspecified atom stereocenters. The number of nitrogens with two attached hydrogens (primary N) is 1. The van der Waals surface area contributed by atoms with Gasteiger partial charge in [0.05, 0.1) is 19.1 Å². The van der Waals surface area contributed by atoms with Crippen molar-refractivity contribution in [3.05, 3.63) is 35.9 Å². The first kappa shape index (κ1) is 17.5. The molecule has 0 radical (unpaired) electrons. The maximum atomic E-state index is 12.4. The Morgan fingerprint density at radius 3 is 2.48 bits per heavy atom. The number of primary amides is 1. The van der Waals surface area contributed by atoms with E-state index in [-0.39, 0.29) is 23.8 Å². The van der Waals surface area contributed by atoms with Gasteiger partial charge >= 0.3 is 0 Å². The van der Waals surface area contributed by atoms with Crippen LogP contribution in [-0.4, -0.2) is 31.4 Å². The average molecular weight is 318 g/mol. The fourth-order valence-corrected chi connectivity index (χ4v) is 3.26. The number of nitrogens with one attached hydrogen (secondary N) is 2. The van der Waals surface area contributed by atoms with Crippen LogP contribution in [0.2, 0.25) is 0 Å². The van der Waals surface area contributed by atoms with E-state index in [0.29, 0.717) is 6.54 Å². The van der Waals surface area contributed by atoms with Gasteiger partial charge in [-0.2, -0.15) is 0 Å². The molecule has 1 atom stereocenters. The molecule has 0 spiro atoms. The highest BCUT2D eigenvalue weighted by Crippen LogP contribution is 2.17. The van der Waals surface area contributed by atoms with Crippen molar-refractivity contribution in [1.82, 2.24) is 5.32 Å². The van der Waals surface area contributed by atoms with Crippen LogP contribution in [0.5, 0.6) is 0 Å². The van der Waals surface area contributed by atoms with Crippen molar-refractivity contribution in [3.8, 4) is 0 Å². The molecular weight excluding hydrogens is 290 g/mol. The van der Waals surface area contributed by atoms with Crippen molar-refractivity contribution >= 4 is 11.8 Å². The first-order valence-electron chi connectivity index (χ1n) is 8.57. The summed E-state index contributed by atoms with van der Waals surface area (Å²) in [5.74, 6) is -0.139. The summed E-state index contributed by atoms with van der Waals surface area (Å²) in [6.07, 6.45) is 3.54. The molecule has 1 heterocycles. The molecule has 2 rings (SSSR count). The predicted molar refractivity (Wildman–Crippen MR) is 89.7 cm³/mol. The summed E-state index contributed by atoms with van der Waals surface area (Å²) in [5, 5.41) is 3.16. The van der Waals surface area contributed by atoms with E-state index in [1.165, 1.54) is 4.90 Å². The zero-order valence-electron chi connectivity index (χ0n) is 13.9. The molecule has 4 N–H and O–H groups in total.